The molecule has 0 heterocycles. The molecule has 0 aliphatic rings. The van der Waals surface area contributed by atoms with Gasteiger partial charge in [0.15, 0.2) is 0 Å². The third-order valence-corrected chi connectivity index (χ3v) is 5.41. The molecular formula is C21H28N2O4S. The molecule has 6 nitrogen and oxygen atoms in total. The lowest BCUT2D eigenvalue weighted by molar-refractivity contribution is -0.116. The van der Waals surface area contributed by atoms with Crippen LogP contribution in [0.5, 0.6) is 5.75 Å². The summed E-state index contributed by atoms with van der Waals surface area (Å²) in [5.41, 5.74) is 3.19. The fourth-order valence-electron chi connectivity index (χ4n) is 2.89. The summed E-state index contributed by atoms with van der Waals surface area (Å²) in [6.07, 6.45) is 1.82. The van der Waals surface area contributed by atoms with Crippen LogP contribution in [0.4, 0.5) is 11.4 Å². The molecule has 0 spiro atoms. The van der Waals surface area contributed by atoms with E-state index in [1.807, 2.05) is 51.1 Å². The number of carbonyl (C=O) groups excluding carboxylic acids is 1. The van der Waals surface area contributed by atoms with E-state index in [0.717, 1.165) is 11.1 Å². The normalized spacial score (nSPS) is 11.1. The van der Waals surface area contributed by atoms with Crippen molar-refractivity contribution >= 4 is 27.3 Å². The number of hydrogen-bond donors (Lipinski definition) is 1. The van der Waals surface area contributed by atoms with Gasteiger partial charge in [0.2, 0.25) is 15.9 Å². The molecule has 2 aromatic rings. The van der Waals surface area contributed by atoms with Gasteiger partial charge in [0.25, 0.3) is 0 Å². The summed E-state index contributed by atoms with van der Waals surface area (Å²) in [6, 6.07) is 12.9. The maximum absolute atomic E-state index is 12.3. The van der Waals surface area contributed by atoms with E-state index in [2.05, 4.69) is 5.32 Å². The van der Waals surface area contributed by atoms with Crippen LogP contribution in [0.3, 0.4) is 0 Å². The largest absolute Gasteiger partial charge is 0.494 e. The molecule has 152 valence electrons. The Hall–Kier alpha value is -2.54. The quantitative estimate of drug-likeness (QED) is 0.688. The number of benzene rings is 2. The maximum Gasteiger partial charge on any atom is 0.232 e. The van der Waals surface area contributed by atoms with Gasteiger partial charge in [-0.1, -0.05) is 18.2 Å². The average Bonchev–Trinajstić information content (AvgIpc) is 2.61. The lowest BCUT2D eigenvalue weighted by Crippen LogP contribution is -2.32. The summed E-state index contributed by atoms with van der Waals surface area (Å²) in [5, 5.41) is 2.83. The van der Waals surface area contributed by atoms with Crippen LogP contribution in [-0.4, -0.2) is 33.7 Å². The van der Waals surface area contributed by atoms with Crippen molar-refractivity contribution in [3.8, 4) is 5.75 Å². The van der Waals surface area contributed by atoms with E-state index in [0.29, 0.717) is 30.2 Å². The van der Waals surface area contributed by atoms with E-state index in [9.17, 15) is 13.2 Å². The predicted octanol–water partition coefficient (Wildman–Crippen LogP) is 3.89. The molecule has 0 atom stereocenters. The Labute approximate surface area is 167 Å². The van der Waals surface area contributed by atoms with E-state index in [-0.39, 0.29) is 18.9 Å². The van der Waals surface area contributed by atoms with E-state index >= 15 is 0 Å². The summed E-state index contributed by atoms with van der Waals surface area (Å²) in [6.45, 7) is 6.50. The number of carbonyl (C=O) groups is 1. The van der Waals surface area contributed by atoms with E-state index in [4.69, 9.17) is 4.74 Å². The monoisotopic (exact) mass is 404 g/mol. The SMILES string of the molecule is CCOc1cccc(NC(=O)CCCN(c2cc(C)ccc2C)S(C)(=O)=O)c1. The van der Waals surface area contributed by atoms with Gasteiger partial charge in [-0.3, -0.25) is 9.10 Å². The van der Waals surface area contributed by atoms with Gasteiger partial charge >= 0.3 is 0 Å². The summed E-state index contributed by atoms with van der Waals surface area (Å²) < 4.78 is 31.3. The molecule has 0 saturated carbocycles. The predicted molar refractivity (Wildman–Crippen MR) is 114 cm³/mol. The zero-order valence-electron chi connectivity index (χ0n) is 16.9. The van der Waals surface area contributed by atoms with Crippen LogP contribution in [0.1, 0.15) is 30.9 Å². The standard InChI is InChI=1S/C21H28N2O4S/c1-5-27-19-9-6-8-18(15-19)22-21(24)10-7-13-23(28(4,25)26)20-14-16(2)11-12-17(20)3/h6,8-9,11-12,14-15H,5,7,10,13H2,1-4H3,(H,22,24). The van der Waals surface area contributed by atoms with Crippen molar-refractivity contribution in [2.45, 2.75) is 33.6 Å². The first-order valence-corrected chi connectivity index (χ1v) is 11.1. The zero-order chi connectivity index (χ0) is 20.7. The minimum Gasteiger partial charge on any atom is -0.494 e. The molecule has 0 bridgehead atoms. The average molecular weight is 405 g/mol. The Balaban J connectivity index is 1.99. The van der Waals surface area contributed by atoms with Gasteiger partial charge in [0.05, 0.1) is 18.6 Å². The Morgan fingerprint density at radius 3 is 2.57 bits per heavy atom. The van der Waals surface area contributed by atoms with Crippen LogP contribution in [0.15, 0.2) is 42.5 Å². The number of rotatable bonds is 9. The minimum atomic E-state index is -3.44. The highest BCUT2D eigenvalue weighted by Gasteiger charge is 2.19. The Morgan fingerprint density at radius 2 is 1.89 bits per heavy atom. The van der Waals surface area contributed by atoms with Gasteiger partial charge in [0.1, 0.15) is 5.75 Å². The fraction of sp³-hybridized carbons (Fsp3) is 0.381. The van der Waals surface area contributed by atoms with E-state index in [1.165, 1.54) is 10.6 Å². The fourth-order valence-corrected chi connectivity index (χ4v) is 3.90. The number of aryl methyl sites for hydroxylation is 2. The van der Waals surface area contributed by atoms with Crippen molar-refractivity contribution in [1.82, 2.24) is 0 Å². The van der Waals surface area contributed by atoms with Crippen molar-refractivity contribution in [1.29, 1.82) is 0 Å². The lowest BCUT2D eigenvalue weighted by Gasteiger charge is -2.24. The Morgan fingerprint density at radius 1 is 1.14 bits per heavy atom. The van der Waals surface area contributed by atoms with Crippen molar-refractivity contribution in [3.05, 3.63) is 53.6 Å². The molecule has 0 radical (unpaired) electrons. The topological polar surface area (TPSA) is 75.7 Å². The number of nitrogens with zero attached hydrogens (tertiary/aromatic N) is 1. The van der Waals surface area contributed by atoms with Crippen LogP contribution in [0.25, 0.3) is 0 Å². The molecule has 2 rings (SSSR count). The minimum absolute atomic E-state index is 0.164. The van der Waals surface area contributed by atoms with Gasteiger partial charge in [-0.15, -0.1) is 0 Å². The molecule has 0 saturated heterocycles. The van der Waals surface area contributed by atoms with Gasteiger partial charge in [-0.05, 0) is 56.5 Å². The second-order valence-corrected chi connectivity index (χ2v) is 8.64. The molecule has 28 heavy (non-hydrogen) atoms. The highest BCUT2D eigenvalue weighted by molar-refractivity contribution is 7.92. The third kappa shape index (κ3) is 6.27. The van der Waals surface area contributed by atoms with Gasteiger partial charge in [-0.2, -0.15) is 0 Å². The van der Waals surface area contributed by atoms with Crippen LogP contribution in [0, 0.1) is 13.8 Å². The molecule has 0 unspecified atom stereocenters. The van der Waals surface area contributed by atoms with Gasteiger partial charge in [-0.25, -0.2) is 8.42 Å². The second-order valence-electron chi connectivity index (χ2n) is 6.74. The molecule has 0 aliphatic carbocycles. The van der Waals surface area contributed by atoms with Crippen molar-refractivity contribution < 1.29 is 17.9 Å². The van der Waals surface area contributed by atoms with Crippen LogP contribution < -0.4 is 14.4 Å². The van der Waals surface area contributed by atoms with Crippen LogP contribution >= 0.6 is 0 Å². The van der Waals surface area contributed by atoms with Crippen molar-refractivity contribution in [3.63, 3.8) is 0 Å². The first-order valence-electron chi connectivity index (χ1n) is 9.28. The Bertz CT molecular complexity index is 926. The smallest absolute Gasteiger partial charge is 0.232 e. The number of anilines is 2. The van der Waals surface area contributed by atoms with Crippen molar-refractivity contribution in [2.24, 2.45) is 0 Å². The molecular weight excluding hydrogens is 376 g/mol. The molecule has 0 fully saturated rings. The molecule has 2 aromatic carbocycles. The van der Waals surface area contributed by atoms with Crippen LogP contribution in [0.2, 0.25) is 0 Å². The zero-order valence-corrected chi connectivity index (χ0v) is 17.7. The molecule has 1 amide bonds. The highest BCUT2D eigenvalue weighted by Crippen LogP contribution is 2.24. The van der Waals surface area contributed by atoms with E-state index < -0.39 is 10.0 Å². The summed E-state index contributed by atoms with van der Waals surface area (Å²) in [4.78, 5) is 12.3. The van der Waals surface area contributed by atoms with Crippen molar-refractivity contribution in [2.75, 3.05) is 29.0 Å². The summed E-state index contributed by atoms with van der Waals surface area (Å²) >= 11 is 0. The maximum atomic E-state index is 12.3. The molecule has 0 aromatic heterocycles. The number of amides is 1. The van der Waals surface area contributed by atoms with E-state index in [1.54, 1.807) is 12.1 Å². The third-order valence-electron chi connectivity index (χ3n) is 4.23. The summed E-state index contributed by atoms with van der Waals surface area (Å²) in [7, 11) is -3.44. The second kappa shape index (κ2) is 9.59. The van der Waals surface area contributed by atoms with Gasteiger partial charge < -0.3 is 10.1 Å². The molecule has 1 N–H and O–H groups in total. The number of sulfonamides is 1. The number of hydrogen-bond acceptors (Lipinski definition) is 4. The summed E-state index contributed by atoms with van der Waals surface area (Å²) in [5.74, 6) is 0.529. The number of ether oxygens (including phenoxy) is 1. The van der Waals surface area contributed by atoms with Crippen LogP contribution in [-0.2, 0) is 14.8 Å². The Kier molecular flexibility index (Phi) is 7.45. The lowest BCUT2D eigenvalue weighted by atomic mass is 10.1. The van der Waals surface area contributed by atoms with Gasteiger partial charge in [0, 0.05) is 24.7 Å². The first kappa shape index (κ1) is 21.8. The molecule has 7 heteroatoms. The molecule has 0 aliphatic heterocycles. The number of nitrogens with one attached hydrogen (secondary N) is 1. The highest BCUT2D eigenvalue weighted by atomic mass is 32.2. The first-order chi connectivity index (χ1) is 13.2.